The molecule has 0 spiro atoms. The van der Waals surface area contributed by atoms with Crippen LogP contribution < -0.4 is 14.8 Å². The summed E-state index contributed by atoms with van der Waals surface area (Å²) in [5.41, 5.74) is 1.94. The van der Waals surface area contributed by atoms with E-state index in [1.54, 1.807) is 7.11 Å². The van der Waals surface area contributed by atoms with E-state index in [9.17, 15) is 0 Å². The molecule has 3 rings (SSSR count). The van der Waals surface area contributed by atoms with Crippen LogP contribution in [0.1, 0.15) is 31.3 Å². The molecule has 0 aliphatic heterocycles. The first-order valence-electron chi connectivity index (χ1n) is 8.16. The van der Waals surface area contributed by atoms with Gasteiger partial charge in [0.2, 0.25) is 0 Å². The monoisotopic (exact) mass is 404 g/mol. The number of ether oxygens (including phenoxy) is 2. The minimum absolute atomic E-state index is 0.0498. The van der Waals surface area contributed by atoms with Crippen molar-refractivity contribution in [3.8, 4) is 11.5 Å². The summed E-state index contributed by atoms with van der Waals surface area (Å²) in [6, 6.07) is 9.95. The molecule has 1 aromatic carbocycles. The summed E-state index contributed by atoms with van der Waals surface area (Å²) in [6.45, 7) is 5.29. The molecule has 0 amide bonds. The van der Waals surface area contributed by atoms with Crippen LogP contribution in [0.2, 0.25) is 0 Å². The summed E-state index contributed by atoms with van der Waals surface area (Å²) in [5.74, 6) is 2.33. The first-order valence-corrected chi connectivity index (χ1v) is 8.95. The Bertz CT molecular complexity index is 865. The maximum absolute atomic E-state index is 5.68. The number of rotatable bonds is 7. The van der Waals surface area contributed by atoms with Crippen molar-refractivity contribution in [2.24, 2.45) is 0 Å². The normalized spacial score (nSPS) is 12.3. The standard InChI is InChI=1S/C18H21BrN4O2/c1-4-25-15-10-13(9-14(19)17(15)24-3)11-20-12(2)18-22-21-16-7-5-6-8-23(16)18/h5-10,12,20H,4,11H2,1-3H3/t12-/m0/s1. The fraction of sp³-hybridized carbons (Fsp3) is 0.333. The third kappa shape index (κ3) is 3.77. The van der Waals surface area contributed by atoms with E-state index in [1.807, 2.05) is 47.9 Å². The lowest BCUT2D eigenvalue weighted by atomic mass is 10.2. The molecule has 2 aromatic heterocycles. The summed E-state index contributed by atoms with van der Waals surface area (Å²) in [6.07, 6.45) is 1.97. The fourth-order valence-corrected chi connectivity index (χ4v) is 3.35. The smallest absolute Gasteiger partial charge is 0.174 e. The van der Waals surface area contributed by atoms with Gasteiger partial charge in [-0.05, 0) is 59.6 Å². The Balaban J connectivity index is 1.76. The average Bonchev–Trinajstić information content (AvgIpc) is 3.04. The van der Waals surface area contributed by atoms with E-state index in [0.29, 0.717) is 18.9 Å². The molecule has 0 unspecified atom stereocenters. The molecule has 0 aliphatic rings. The summed E-state index contributed by atoms with van der Waals surface area (Å²) >= 11 is 3.55. The van der Waals surface area contributed by atoms with Gasteiger partial charge >= 0.3 is 0 Å². The second-order valence-corrected chi connectivity index (χ2v) is 6.49. The number of aromatic nitrogens is 3. The van der Waals surface area contributed by atoms with Crippen LogP contribution in [0, 0.1) is 0 Å². The molecular formula is C18H21BrN4O2. The predicted octanol–water partition coefficient (Wildman–Crippen LogP) is 3.75. The van der Waals surface area contributed by atoms with Gasteiger partial charge in [-0.1, -0.05) is 6.07 Å². The summed E-state index contributed by atoms with van der Waals surface area (Å²) in [4.78, 5) is 0. The minimum atomic E-state index is 0.0498. The molecule has 0 fully saturated rings. The van der Waals surface area contributed by atoms with E-state index in [4.69, 9.17) is 9.47 Å². The molecule has 3 aromatic rings. The molecule has 25 heavy (non-hydrogen) atoms. The number of hydrogen-bond donors (Lipinski definition) is 1. The van der Waals surface area contributed by atoms with E-state index in [1.165, 1.54) is 0 Å². The lowest BCUT2D eigenvalue weighted by Crippen LogP contribution is -2.20. The lowest BCUT2D eigenvalue weighted by Gasteiger charge is -2.16. The quantitative estimate of drug-likeness (QED) is 0.649. The van der Waals surface area contributed by atoms with Crippen molar-refractivity contribution in [1.29, 1.82) is 0 Å². The SMILES string of the molecule is CCOc1cc(CN[C@@H](C)c2nnc3ccccn23)cc(Br)c1OC. The van der Waals surface area contributed by atoms with Gasteiger partial charge in [-0.2, -0.15) is 0 Å². The highest BCUT2D eigenvalue weighted by Crippen LogP contribution is 2.36. The average molecular weight is 405 g/mol. The maximum atomic E-state index is 5.68. The van der Waals surface area contributed by atoms with E-state index in [0.717, 1.165) is 27.3 Å². The maximum Gasteiger partial charge on any atom is 0.174 e. The zero-order valence-corrected chi connectivity index (χ0v) is 16.1. The van der Waals surface area contributed by atoms with Crippen molar-refractivity contribution in [3.05, 3.63) is 52.4 Å². The molecule has 0 saturated carbocycles. The van der Waals surface area contributed by atoms with E-state index in [-0.39, 0.29) is 6.04 Å². The van der Waals surface area contributed by atoms with Gasteiger partial charge in [0.1, 0.15) is 0 Å². The molecule has 0 bridgehead atoms. The molecule has 0 radical (unpaired) electrons. The zero-order chi connectivity index (χ0) is 17.8. The Labute approximate surface area is 155 Å². The van der Waals surface area contributed by atoms with Crippen LogP contribution in [0.3, 0.4) is 0 Å². The van der Waals surface area contributed by atoms with Crippen LogP contribution in [-0.2, 0) is 6.54 Å². The first-order chi connectivity index (χ1) is 12.1. The Morgan fingerprint density at radius 2 is 2.12 bits per heavy atom. The van der Waals surface area contributed by atoms with Gasteiger partial charge in [-0.25, -0.2) is 0 Å². The van der Waals surface area contributed by atoms with Crippen LogP contribution in [0.15, 0.2) is 41.0 Å². The second kappa shape index (κ2) is 7.84. The number of pyridine rings is 1. The Morgan fingerprint density at radius 3 is 2.88 bits per heavy atom. The summed E-state index contributed by atoms with van der Waals surface area (Å²) in [7, 11) is 1.64. The largest absolute Gasteiger partial charge is 0.492 e. The van der Waals surface area contributed by atoms with Crippen LogP contribution in [0.4, 0.5) is 0 Å². The second-order valence-electron chi connectivity index (χ2n) is 5.63. The summed E-state index contributed by atoms with van der Waals surface area (Å²) < 4.78 is 13.9. The van der Waals surface area contributed by atoms with Crippen molar-refractivity contribution in [2.45, 2.75) is 26.4 Å². The molecule has 1 N–H and O–H groups in total. The number of nitrogens with zero attached hydrogens (tertiary/aromatic N) is 3. The van der Waals surface area contributed by atoms with Crippen molar-refractivity contribution >= 4 is 21.6 Å². The summed E-state index contributed by atoms with van der Waals surface area (Å²) in [5, 5.41) is 12.0. The first kappa shape index (κ1) is 17.7. The third-order valence-electron chi connectivity index (χ3n) is 3.91. The van der Waals surface area contributed by atoms with Gasteiger partial charge < -0.3 is 14.8 Å². The molecule has 6 nitrogen and oxygen atoms in total. The highest BCUT2D eigenvalue weighted by Gasteiger charge is 2.15. The van der Waals surface area contributed by atoms with E-state index < -0.39 is 0 Å². The molecular weight excluding hydrogens is 384 g/mol. The van der Waals surface area contributed by atoms with Crippen molar-refractivity contribution < 1.29 is 9.47 Å². The molecule has 0 saturated heterocycles. The van der Waals surface area contributed by atoms with Gasteiger partial charge in [0.05, 0.1) is 24.2 Å². The van der Waals surface area contributed by atoms with Crippen LogP contribution in [0.5, 0.6) is 11.5 Å². The fourth-order valence-electron chi connectivity index (χ4n) is 2.70. The van der Waals surface area contributed by atoms with Crippen molar-refractivity contribution in [1.82, 2.24) is 19.9 Å². The zero-order valence-electron chi connectivity index (χ0n) is 14.5. The van der Waals surface area contributed by atoms with Crippen LogP contribution in [0.25, 0.3) is 5.65 Å². The molecule has 2 heterocycles. The number of hydrogen-bond acceptors (Lipinski definition) is 5. The Hall–Kier alpha value is -2.12. The van der Waals surface area contributed by atoms with Gasteiger partial charge in [-0.3, -0.25) is 4.40 Å². The molecule has 0 aliphatic carbocycles. The Kier molecular flexibility index (Phi) is 5.55. The van der Waals surface area contributed by atoms with Gasteiger partial charge in [0.15, 0.2) is 23.0 Å². The third-order valence-corrected chi connectivity index (χ3v) is 4.50. The highest BCUT2D eigenvalue weighted by atomic mass is 79.9. The number of benzene rings is 1. The van der Waals surface area contributed by atoms with Gasteiger partial charge in [-0.15, -0.1) is 10.2 Å². The van der Waals surface area contributed by atoms with Crippen molar-refractivity contribution in [2.75, 3.05) is 13.7 Å². The Morgan fingerprint density at radius 1 is 1.28 bits per heavy atom. The number of methoxy groups -OCH3 is 1. The predicted molar refractivity (Wildman–Crippen MR) is 100 cm³/mol. The van der Waals surface area contributed by atoms with E-state index >= 15 is 0 Å². The van der Waals surface area contributed by atoms with Crippen LogP contribution >= 0.6 is 15.9 Å². The number of halogens is 1. The number of nitrogens with one attached hydrogen (secondary N) is 1. The molecule has 7 heteroatoms. The van der Waals surface area contributed by atoms with Crippen molar-refractivity contribution in [3.63, 3.8) is 0 Å². The van der Waals surface area contributed by atoms with Crippen LogP contribution in [-0.4, -0.2) is 28.3 Å². The molecule has 132 valence electrons. The van der Waals surface area contributed by atoms with Gasteiger partial charge in [0.25, 0.3) is 0 Å². The topological polar surface area (TPSA) is 60.7 Å². The molecule has 1 atom stereocenters. The highest BCUT2D eigenvalue weighted by molar-refractivity contribution is 9.10. The number of fused-ring (bicyclic) bond motifs is 1. The lowest BCUT2D eigenvalue weighted by molar-refractivity contribution is 0.309. The minimum Gasteiger partial charge on any atom is -0.492 e. The van der Waals surface area contributed by atoms with Gasteiger partial charge in [0, 0.05) is 12.7 Å². The van der Waals surface area contributed by atoms with E-state index in [2.05, 4.69) is 38.4 Å².